The summed E-state index contributed by atoms with van der Waals surface area (Å²) in [5, 5.41) is 0. The molecule has 0 rings (SSSR count). The van der Waals surface area contributed by atoms with E-state index in [-0.39, 0.29) is 37.8 Å². The summed E-state index contributed by atoms with van der Waals surface area (Å²) in [4.78, 5) is 28.7. The van der Waals surface area contributed by atoms with Gasteiger partial charge in [-0.3, -0.25) is 9.59 Å². The number of hydroxylamine groups is 3. The standard InChI is InChI=1S/C32H64NO7.ClH/c1-6-7-8-9-10-11-12-13-14-15-16-17-18-19-20-21-22-37-28-31(40-32(35)27-30(2)34)29-38-24-23-36-25-26-39-33(3,4)5;/h31H,6-29H2,1-5H3;1H/q+1;/p-1. The van der Waals surface area contributed by atoms with E-state index in [0.717, 1.165) is 12.8 Å². The zero-order valence-corrected chi connectivity index (χ0v) is 28.0. The molecule has 0 heterocycles. The van der Waals surface area contributed by atoms with Crippen LogP contribution in [0.25, 0.3) is 0 Å². The second-order valence-corrected chi connectivity index (χ2v) is 11.8. The van der Waals surface area contributed by atoms with Gasteiger partial charge in [-0.15, -0.1) is 0 Å². The topological polar surface area (TPSA) is 80.3 Å². The quantitative estimate of drug-likeness (QED) is 0.0389. The molecule has 0 radical (unpaired) electrons. The Morgan fingerprint density at radius 3 is 1.46 bits per heavy atom. The molecule has 0 aromatic carbocycles. The summed E-state index contributed by atoms with van der Waals surface area (Å²) < 4.78 is 22.7. The van der Waals surface area contributed by atoms with Crippen LogP contribution in [0.2, 0.25) is 0 Å². The minimum atomic E-state index is -0.541. The SMILES string of the molecule is CCCCCCCCCCCCCCCCCCOCC(COCCOCCO[N+](C)(C)C)OC(=O)CC(C)=O.[Cl-]. The van der Waals surface area contributed by atoms with E-state index >= 15 is 0 Å². The Hall–Kier alpha value is -0.770. The van der Waals surface area contributed by atoms with Crippen LogP contribution in [0.15, 0.2) is 0 Å². The predicted octanol–water partition coefficient (Wildman–Crippen LogP) is 3.83. The molecule has 0 aromatic rings. The highest BCUT2D eigenvalue weighted by molar-refractivity contribution is 5.94. The molecule has 0 N–H and O–H groups in total. The van der Waals surface area contributed by atoms with E-state index in [4.69, 9.17) is 23.8 Å². The average Bonchev–Trinajstić information content (AvgIpc) is 2.88. The molecular formula is C32H64ClNO7. The van der Waals surface area contributed by atoms with E-state index < -0.39 is 12.1 Å². The summed E-state index contributed by atoms with van der Waals surface area (Å²) in [6, 6.07) is 0. The third kappa shape index (κ3) is 35.3. The van der Waals surface area contributed by atoms with Crippen molar-refractivity contribution in [3.05, 3.63) is 0 Å². The maximum Gasteiger partial charge on any atom is 0.313 e. The average molecular weight is 610 g/mol. The number of halogens is 1. The van der Waals surface area contributed by atoms with E-state index in [1.807, 2.05) is 21.1 Å². The van der Waals surface area contributed by atoms with Crippen molar-refractivity contribution < 1.29 is 50.4 Å². The summed E-state index contributed by atoms with van der Waals surface area (Å²) in [7, 11) is 5.83. The lowest BCUT2D eigenvalue weighted by Gasteiger charge is -2.21. The molecule has 0 saturated carbocycles. The van der Waals surface area contributed by atoms with Crippen molar-refractivity contribution in [3.8, 4) is 0 Å². The first-order chi connectivity index (χ1) is 19.2. The van der Waals surface area contributed by atoms with Crippen LogP contribution >= 0.6 is 0 Å². The Kier molecular flexibility index (Phi) is 31.7. The van der Waals surface area contributed by atoms with Crippen LogP contribution in [0.5, 0.6) is 0 Å². The van der Waals surface area contributed by atoms with Gasteiger partial charge >= 0.3 is 5.97 Å². The number of carbonyl (C=O) groups is 2. The minimum Gasteiger partial charge on any atom is -1.00 e. The molecule has 8 nitrogen and oxygen atoms in total. The Labute approximate surface area is 258 Å². The molecule has 0 amide bonds. The van der Waals surface area contributed by atoms with Gasteiger partial charge in [0.2, 0.25) is 0 Å². The molecule has 0 aromatic heterocycles. The van der Waals surface area contributed by atoms with Gasteiger partial charge in [-0.2, -0.15) is 4.65 Å². The number of ketones is 1. The van der Waals surface area contributed by atoms with E-state index in [2.05, 4.69) is 6.92 Å². The van der Waals surface area contributed by atoms with Gasteiger partial charge < -0.3 is 31.4 Å². The molecule has 0 aliphatic carbocycles. The summed E-state index contributed by atoms with van der Waals surface area (Å²) in [6.45, 7) is 6.55. The number of quaternary nitrogens is 1. The van der Waals surface area contributed by atoms with E-state index in [1.165, 1.54) is 96.8 Å². The van der Waals surface area contributed by atoms with Crippen LogP contribution in [-0.2, 0) is 33.4 Å². The number of Topliss-reactive ketones (excluding diaryl/α,β-unsaturated/α-hetero) is 1. The molecular weight excluding hydrogens is 546 g/mol. The summed E-state index contributed by atoms with van der Waals surface area (Å²) in [6.07, 6.45) is 20.6. The number of hydrogen-bond donors (Lipinski definition) is 0. The monoisotopic (exact) mass is 609 g/mol. The second kappa shape index (κ2) is 30.7. The van der Waals surface area contributed by atoms with Crippen molar-refractivity contribution >= 4 is 11.8 Å². The Bertz CT molecular complexity index is 587. The van der Waals surface area contributed by atoms with Crippen LogP contribution in [0.4, 0.5) is 0 Å². The van der Waals surface area contributed by atoms with Crippen molar-refractivity contribution in [1.82, 2.24) is 0 Å². The largest absolute Gasteiger partial charge is 1.00 e. The second-order valence-electron chi connectivity index (χ2n) is 11.8. The molecule has 0 bridgehead atoms. The van der Waals surface area contributed by atoms with Gasteiger partial charge in [0.15, 0.2) is 0 Å². The molecule has 0 spiro atoms. The Morgan fingerprint density at radius 2 is 1.00 bits per heavy atom. The Morgan fingerprint density at radius 1 is 0.585 bits per heavy atom. The highest BCUT2D eigenvalue weighted by Crippen LogP contribution is 2.14. The van der Waals surface area contributed by atoms with Gasteiger partial charge in [0, 0.05) is 6.61 Å². The smallest absolute Gasteiger partial charge is 0.313 e. The molecule has 1 atom stereocenters. The lowest BCUT2D eigenvalue weighted by atomic mass is 10.0. The van der Waals surface area contributed by atoms with Crippen molar-refractivity contribution in [1.29, 1.82) is 0 Å². The first-order valence-corrected chi connectivity index (χ1v) is 16.1. The Balaban J connectivity index is 0. The van der Waals surface area contributed by atoms with Crippen LogP contribution in [-0.4, -0.2) is 89.9 Å². The zero-order chi connectivity index (χ0) is 29.7. The summed E-state index contributed by atoms with van der Waals surface area (Å²) >= 11 is 0. The maximum absolute atomic E-state index is 11.9. The maximum atomic E-state index is 11.9. The lowest BCUT2D eigenvalue weighted by molar-refractivity contribution is -1.06. The highest BCUT2D eigenvalue weighted by Gasteiger charge is 2.17. The normalized spacial score (nSPS) is 12.2. The first-order valence-electron chi connectivity index (χ1n) is 16.1. The molecule has 246 valence electrons. The van der Waals surface area contributed by atoms with Crippen LogP contribution in [0, 0.1) is 0 Å². The highest BCUT2D eigenvalue weighted by atomic mass is 35.5. The van der Waals surface area contributed by atoms with Crippen LogP contribution in [0.3, 0.4) is 0 Å². The number of hydrogen-bond acceptors (Lipinski definition) is 7. The van der Waals surface area contributed by atoms with E-state index in [0.29, 0.717) is 37.7 Å². The van der Waals surface area contributed by atoms with Crippen LogP contribution in [0.1, 0.15) is 123 Å². The fourth-order valence-corrected chi connectivity index (χ4v) is 4.32. The molecule has 0 aliphatic rings. The molecule has 0 fully saturated rings. The van der Waals surface area contributed by atoms with Gasteiger partial charge in [0.05, 0.1) is 54.2 Å². The van der Waals surface area contributed by atoms with Crippen molar-refractivity contribution in [3.63, 3.8) is 0 Å². The number of carbonyl (C=O) groups excluding carboxylic acids is 2. The minimum absolute atomic E-state index is 0. The third-order valence-electron chi connectivity index (χ3n) is 6.52. The lowest BCUT2D eigenvalue weighted by Crippen LogP contribution is -3.00. The molecule has 0 aliphatic heterocycles. The van der Waals surface area contributed by atoms with Crippen LogP contribution < -0.4 is 12.4 Å². The van der Waals surface area contributed by atoms with Crippen molar-refractivity contribution in [2.75, 3.05) is 67.4 Å². The summed E-state index contributed by atoms with van der Waals surface area (Å²) in [5.74, 6) is -0.760. The number of unbranched alkanes of at least 4 members (excludes halogenated alkanes) is 15. The fraction of sp³-hybridized carbons (Fsp3) is 0.938. The first kappa shape index (κ1) is 42.4. The van der Waals surface area contributed by atoms with Crippen molar-refractivity contribution in [2.45, 2.75) is 129 Å². The molecule has 9 heteroatoms. The van der Waals surface area contributed by atoms with Gasteiger partial charge in [0.25, 0.3) is 0 Å². The zero-order valence-electron chi connectivity index (χ0n) is 27.2. The van der Waals surface area contributed by atoms with Gasteiger partial charge in [0.1, 0.15) is 24.9 Å². The van der Waals surface area contributed by atoms with Gasteiger partial charge in [-0.05, 0) is 13.3 Å². The predicted molar refractivity (Wildman–Crippen MR) is 161 cm³/mol. The van der Waals surface area contributed by atoms with Gasteiger partial charge in [-0.25, -0.2) is 4.84 Å². The molecule has 0 saturated heterocycles. The number of rotatable bonds is 31. The number of nitrogens with zero attached hydrogens (tertiary/aromatic N) is 1. The number of esters is 1. The molecule has 1 unspecified atom stereocenters. The van der Waals surface area contributed by atoms with Gasteiger partial charge in [-0.1, -0.05) is 103 Å². The van der Waals surface area contributed by atoms with E-state index in [9.17, 15) is 9.59 Å². The fourth-order valence-electron chi connectivity index (χ4n) is 4.32. The van der Waals surface area contributed by atoms with E-state index in [1.54, 1.807) is 0 Å². The van der Waals surface area contributed by atoms with Crippen molar-refractivity contribution in [2.24, 2.45) is 0 Å². The number of ether oxygens (including phenoxy) is 4. The third-order valence-corrected chi connectivity index (χ3v) is 6.52. The molecule has 41 heavy (non-hydrogen) atoms. The summed E-state index contributed by atoms with van der Waals surface area (Å²) in [5.41, 5.74) is 0.